The molecule has 3 rings (SSSR count). The normalized spacial score (nSPS) is 18.1. The lowest BCUT2D eigenvalue weighted by atomic mass is 10.1. The maximum absolute atomic E-state index is 12.7. The molecular formula is C14H15BrClN3OS. The number of amides is 1. The lowest BCUT2D eigenvalue weighted by molar-refractivity contribution is 0.0639. The summed E-state index contributed by atoms with van der Waals surface area (Å²) in [5.74, 6) is 0.0936. The van der Waals surface area contributed by atoms with E-state index in [1.165, 1.54) is 11.3 Å². The molecule has 1 amide bonds. The first-order valence-corrected chi connectivity index (χ1v) is 8.03. The van der Waals surface area contributed by atoms with Crippen LogP contribution >= 0.6 is 39.7 Å². The molecular weight excluding hydrogens is 374 g/mol. The maximum Gasteiger partial charge on any atom is 0.264 e. The summed E-state index contributed by atoms with van der Waals surface area (Å²) in [5, 5.41) is 3.35. The third kappa shape index (κ3) is 3.63. The first-order valence-electron chi connectivity index (χ1n) is 6.42. The molecule has 0 spiro atoms. The average molecular weight is 389 g/mol. The molecule has 112 valence electrons. The number of nitrogens with zero attached hydrogens (tertiary/aromatic N) is 2. The van der Waals surface area contributed by atoms with E-state index >= 15 is 0 Å². The fraction of sp³-hybridized carbons (Fsp3) is 0.286. The van der Waals surface area contributed by atoms with Crippen LogP contribution in [0.3, 0.4) is 0 Å². The van der Waals surface area contributed by atoms with E-state index in [1.54, 1.807) is 6.20 Å². The standard InChI is InChI=1S/C14H14BrN3OS.ClH/c15-13-4-3-12(20-13)14(19)18-7-6-17-9-11(18)10-2-1-5-16-8-10;/h1-5,8,11,17H,6-7,9H2;1H. The highest BCUT2D eigenvalue weighted by atomic mass is 79.9. The van der Waals surface area contributed by atoms with Crippen LogP contribution in [0.2, 0.25) is 0 Å². The predicted molar refractivity (Wildman–Crippen MR) is 90.2 cm³/mol. The molecule has 0 bridgehead atoms. The Morgan fingerprint density at radius 1 is 1.43 bits per heavy atom. The predicted octanol–water partition coefficient (Wildman–Crippen LogP) is 3.11. The van der Waals surface area contributed by atoms with Crippen LogP contribution in [0.1, 0.15) is 21.3 Å². The molecule has 1 fully saturated rings. The van der Waals surface area contributed by atoms with Crippen molar-refractivity contribution in [1.82, 2.24) is 15.2 Å². The molecule has 0 radical (unpaired) electrons. The number of rotatable bonds is 2. The first kappa shape index (κ1) is 16.4. The Hall–Kier alpha value is -0.950. The second kappa shape index (κ2) is 7.35. The van der Waals surface area contributed by atoms with Crippen molar-refractivity contribution in [3.8, 4) is 0 Å². The van der Waals surface area contributed by atoms with Crippen molar-refractivity contribution < 1.29 is 4.79 Å². The fourth-order valence-electron chi connectivity index (χ4n) is 2.39. The first-order chi connectivity index (χ1) is 9.75. The van der Waals surface area contributed by atoms with Crippen molar-refractivity contribution >= 4 is 45.6 Å². The van der Waals surface area contributed by atoms with Crippen LogP contribution in [0.25, 0.3) is 0 Å². The van der Waals surface area contributed by atoms with Gasteiger partial charge in [-0.25, -0.2) is 0 Å². The number of hydrogen-bond acceptors (Lipinski definition) is 4. The van der Waals surface area contributed by atoms with Gasteiger partial charge in [0.25, 0.3) is 5.91 Å². The largest absolute Gasteiger partial charge is 0.328 e. The van der Waals surface area contributed by atoms with E-state index in [0.29, 0.717) is 6.54 Å². The van der Waals surface area contributed by atoms with Gasteiger partial charge < -0.3 is 10.2 Å². The van der Waals surface area contributed by atoms with Gasteiger partial charge in [0, 0.05) is 32.0 Å². The van der Waals surface area contributed by atoms with E-state index in [9.17, 15) is 4.79 Å². The number of halogens is 2. The van der Waals surface area contributed by atoms with Gasteiger partial charge in [-0.3, -0.25) is 9.78 Å². The quantitative estimate of drug-likeness (QED) is 0.860. The van der Waals surface area contributed by atoms with Gasteiger partial charge >= 0.3 is 0 Å². The van der Waals surface area contributed by atoms with E-state index in [0.717, 1.165) is 27.3 Å². The molecule has 0 aliphatic carbocycles. The van der Waals surface area contributed by atoms with Crippen LogP contribution in [-0.2, 0) is 0 Å². The molecule has 0 saturated carbocycles. The highest BCUT2D eigenvalue weighted by molar-refractivity contribution is 9.11. The highest BCUT2D eigenvalue weighted by Crippen LogP contribution is 2.28. The van der Waals surface area contributed by atoms with Crippen LogP contribution < -0.4 is 5.32 Å². The number of piperazine rings is 1. The summed E-state index contributed by atoms with van der Waals surface area (Å²) in [4.78, 5) is 19.5. The SMILES string of the molecule is Cl.O=C(c1ccc(Br)s1)N1CCNCC1c1cccnc1. The molecule has 2 aromatic rings. The number of thiophene rings is 1. The van der Waals surface area contributed by atoms with Crippen LogP contribution in [0.5, 0.6) is 0 Å². The average Bonchev–Trinajstić information content (AvgIpc) is 2.94. The smallest absolute Gasteiger partial charge is 0.264 e. The minimum atomic E-state index is 0. The number of carbonyl (C=O) groups excluding carboxylic acids is 1. The lowest BCUT2D eigenvalue weighted by Gasteiger charge is -2.36. The van der Waals surface area contributed by atoms with Crippen molar-refractivity contribution in [3.63, 3.8) is 0 Å². The van der Waals surface area contributed by atoms with Gasteiger partial charge in [0.1, 0.15) is 0 Å². The van der Waals surface area contributed by atoms with Crippen LogP contribution in [-0.4, -0.2) is 35.4 Å². The zero-order valence-electron chi connectivity index (χ0n) is 11.2. The zero-order chi connectivity index (χ0) is 13.9. The number of nitrogens with one attached hydrogen (secondary N) is 1. The van der Waals surface area contributed by atoms with E-state index < -0.39 is 0 Å². The van der Waals surface area contributed by atoms with Gasteiger partial charge in [0.15, 0.2) is 0 Å². The lowest BCUT2D eigenvalue weighted by Crippen LogP contribution is -2.48. The topological polar surface area (TPSA) is 45.2 Å². The van der Waals surface area contributed by atoms with Crippen molar-refractivity contribution in [2.24, 2.45) is 0 Å². The fourth-order valence-corrected chi connectivity index (χ4v) is 3.73. The summed E-state index contributed by atoms with van der Waals surface area (Å²) in [6.45, 7) is 2.31. The van der Waals surface area contributed by atoms with E-state index in [4.69, 9.17) is 0 Å². The number of carbonyl (C=O) groups is 1. The molecule has 1 aliphatic rings. The molecule has 7 heteroatoms. The Kier molecular flexibility index (Phi) is 5.75. The summed E-state index contributed by atoms with van der Waals surface area (Å²) in [7, 11) is 0. The van der Waals surface area contributed by atoms with Crippen LogP contribution in [0.4, 0.5) is 0 Å². The molecule has 4 nitrogen and oxygen atoms in total. The summed E-state index contributed by atoms with van der Waals surface area (Å²) >= 11 is 4.89. The monoisotopic (exact) mass is 387 g/mol. The Morgan fingerprint density at radius 3 is 2.95 bits per heavy atom. The number of pyridine rings is 1. The number of aromatic nitrogens is 1. The second-order valence-corrected chi connectivity index (χ2v) is 7.07. The van der Waals surface area contributed by atoms with Crippen molar-refractivity contribution in [1.29, 1.82) is 0 Å². The van der Waals surface area contributed by atoms with Crippen molar-refractivity contribution in [3.05, 3.63) is 50.9 Å². The molecule has 1 atom stereocenters. The molecule has 1 N–H and O–H groups in total. The molecule has 3 heterocycles. The Balaban J connectivity index is 0.00000161. The minimum Gasteiger partial charge on any atom is -0.328 e. The number of hydrogen-bond donors (Lipinski definition) is 1. The van der Waals surface area contributed by atoms with Gasteiger partial charge in [-0.2, -0.15) is 0 Å². The highest BCUT2D eigenvalue weighted by Gasteiger charge is 2.29. The van der Waals surface area contributed by atoms with Gasteiger partial charge in [-0.1, -0.05) is 6.07 Å². The van der Waals surface area contributed by atoms with E-state index in [2.05, 4.69) is 26.2 Å². The van der Waals surface area contributed by atoms with E-state index in [-0.39, 0.29) is 24.4 Å². The van der Waals surface area contributed by atoms with Gasteiger partial charge in [0.05, 0.1) is 14.7 Å². The maximum atomic E-state index is 12.7. The Labute approximate surface area is 142 Å². The summed E-state index contributed by atoms with van der Waals surface area (Å²) in [5.41, 5.74) is 1.07. The van der Waals surface area contributed by atoms with E-state index in [1.807, 2.05) is 35.4 Å². The summed E-state index contributed by atoms with van der Waals surface area (Å²) in [6, 6.07) is 7.77. The molecule has 21 heavy (non-hydrogen) atoms. The third-order valence-corrected chi connectivity index (χ3v) is 4.97. The summed E-state index contributed by atoms with van der Waals surface area (Å²) < 4.78 is 0.980. The zero-order valence-corrected chi connectivity index (χ0v) is 14.4. The van der Waals surface area contributed by atoms with Gasteiger partial charge in [-0.05, 0) is 39.7 Å². The molecule has 1 unspecified atom stereocenters. The second-order valence-electron chi connectivity index (χ2n) is 4.61. The molecule has 2 aromatic heterocycles. The Bertz CT molecular complexity index is 607. The molecule has 1 saturated heterocycles. The summed E-state index contributed by atoms with van der Waals surface area (Å²) in [6.07, 6.45) is 3.59. The Morgan fingerprint density at radius 2 is 2.29 bits per heavy atom. The van der Waals surface area contributed by atoms with Crippen LogP contribution in [0.15, 0.2) is 40.4 Å². The van der Waals surface area contributed by atoms with Gasteiger partial charge in [0.2, 0.25) is 0 Å². The molecule has 0 aromatic carbocycles. The van der Waals surface area contributed by atoms with Crippen molar-refractivity contribution in [2.45, 2.75) is 6.04 Å². The minimum absolute atomic E-state index is 0. The van der Waals surface area contributed by atoms with Crippen molar-refractivity contribution in [2.75, 3.05) is 19.6 Å². The van der Waals surface area contributed by atoms with Gasteiger partial charge in [-0.15, -0.1) is 23.7 Å². The molecule has 1 aliphatic heterocycles. The third-order valence-electron chi connectivity index (χ3n) is 3.36. The van der Waals surface area contributed by atoms with Crippen LogP contribution in [0, 0.1) is 0 Å².